The van der Waals surface area contributed by atoms with Crippen molar-refractivity contribution in [3.63, 3.8) is 0 Å². The molecule has 3 aromatic rings. The molecule has 4 rings (SSSR count). The Kier molecular flexibility index (Phi) is 5.98. The molecule has 0 radical (unpaired) electrons. The van der Waals surface area contributed by atoms with Crippen LogP contribution < -0.4 is 5.56 Å². The Labute approximate surface area is 184 Å². The van der Waals surface area contributed by atoms with Gasteiger partial charge in [-0.05, 0) is 24.6 Å². The van der Waals surface area contributed by atoms with E-state index < -0.39 is 11.7 Å². The zero-order valence-electron chi connectivity index (χ0n) is 16.4. The van der Waals surface area contributed by atoms with Gasteiger partial charge in [-0.1, -0.05) is 48.2 Å². The average molecular weight is 463 g/mol. The molecule has 1 aromatic heterocycles. The van der Waals surface area contributed by atoms with Crippen molar-refractivity contribution in [2.75, 3.05) is 5.75 Å². The largest absolute Gasteiger partial charge is 0.416 e. The molecule has 31 heavy (non-hydrogen) atoms. The molecule has 2 heterocycles. The normalized spacial score (nSPS) is 13.3. The van der Waals surface area contributed by atoms with E-state index in [9.17, 15) is 22.8 Å². The van der Waals surface area contributed by atoms with Crippen LogP contribution >= 0.6 is 23.5 Å². The van der Waals surface area contributed by atoms with Gasteiger partial charge in [-0.25, -0.2) is 4.98 Å². The third kappa shape index (κ3) is 4.57. The molecular weight excluding hydrogens is 445 g/mol. The van der Waals surface area contributed by atoms with Gasteiger partial charge in [0.1, 0.15) is 5.03 Å². The number of nitrogens with zero attached hydrogens (tertiary/aromatic N) is 2. The number of fused-ring (bicyclic) bond motifs is 1. The summed E-state index contributed by atoms with van der Waals surface area (Å²) in [6.07, 6.45) is -4.43. The molecule has 1 aliphatic rings. The van der Waals surface area contributed by atoms with Gasteiger partial charge in [0.15, 0.2) is 10.9 Å². The third-order valence-electron chi connectivity index (χ3n) is 4.93. The van der Waals surface area contributed by atoms with E-state index in [1.54, 1.807) is 47.5 Å². The molecular formula is C22H17F3N2O2S2. The Morgan fingerprint density at radius 2 is 1.71 bits per heavy atom. The summed E-state index contributed by atoms with van der Waals surface area (Å²) >= 11 is 3.04. The predicted molar refractivity (Wildman–Crippen MR) is 115 cm³/mol. The molecule has 0 fully saturated rings. The SMILES string of the molecule is Cc1c(SCc2ccc(C(=O)c3ccc(C(F)(F)F)cc3)cc2)nc2n(c1=O)CCS2. The Balaban J connectivity index is 1.45. The topological polar surface area (TPSA) is 52.0 Å². The smallest absolute Gasteiger partial charge is 0.289 e. The molecule has 160 valence electrons. The second-order valence-electron chi connectivity index (χ2n) is 7.02. The fraction of sp³-hybridized carbons (Fsp3) is 0.227. The third-order valence-corrected chi connectivity index (χ3v) is 7.03. The highest BCUT2D eigenvalue weighted by atomic mass is 32.2. The number of aromatic nitrogens is 2. The number of alkyl halides is 3. The van der Waals surface area contributed by atoms with Crippen molar-refractivity contribution in [1.29, 1.82) is 0 Å². The number of rotatable bonds is 5. The van der Waals surface area contributed by atoms with Gasteiger partial charge in [-0.3, -0.25) is 14.2 Å². The summed E-state index contributed by atoms with van der Waals surface area (Å²) in [5.41, 5.74) is 1.38. The van der Waals surface area contributed by atoms with Crippen molar-refractivity contribution in [1.82, 2.24) is 9.55 Å². The molecule has 0 saturated heterocycles. The number of carbonyl (C=O) groups is 1. The first-order valence-electron chi connectivity index (χ1n) is 9.42. The van der Waals surface area contributed by atoms with Crippen LogP contribution in [-0.2, 0) is 18.5 Å². The number of hydrogen-bond acceptors (Lipinski definition) is 5. The van der Waals surface area contributed by atoms with Crippen LogP contribution in [0, 0.1) is 6.92 Å². The van der Waals surface area contributed by atoms with E-state index in [1.807, 2.05) is 0 Å². The van der Waals surface area contributed by atoms with Gasteiger partial charge in [0.05, 0.1) is 5.56 Å². The maximum atomic E-state index is 12.7. The summed E-state index contributed by atoms with van der Waals surface area (Å²) < 4.78 is 39.8. The Morgan fingerprint density at radius 1 is 1.10 bits per heavy atom. The zero-order chi connectivity index (χ0) is 22.2. The van der Waals surface area contributed by atoms with Gasteiger partial charge in [0.25, 0.3) is 5.56 Å². The van der Waals surface area contributed by atoms with Crippen LogP contribution in [0.1, 0.15) is 32.6 Å². The molecule has 0 spiro atoms. The fourth-order valence-corrected chi connectivity index (χ4v) is 5.12. The lowest BCUT2D eigenvalue weighted by Gasteiger charge is -2.09. The molecule has 0 amide bonds. The van der Waals surface area contributed by atoms with E-state index in [0.717, 1.165) is 28.6 Å². The van der Waals surface area contributed by atoms with Crippen molar-refractivity contribution >= 4 is 29.3 Å². The molecule has 1 aliphatic heterocycles. The van der Waals surface area contributed by atoms with Gasteiger partial charge in [-0.15, -0.1) is 11.8 Å². The van der Waals surface area contributed by atoms with Crippen LogP contribution in [0.5, 0.6) is 0 Å². The van der Waals surface area contributed by atoms with Crippen LogP contribution in [-0.4, -0.2) is 21.1 Å². The number of hydrogen-bond donors (Lipinski definition) is 0. The van der Waals surface area contributed by atoms with Crippen molar-refractivity contribution in [3.8, 4) is 0 Å². The maximum Gasteiger partial charge on any atom is 0.416 e. The van der Waals surface area contributed by atoms with Crippen LogP contribution in [0.15, 0.2) is 63.5 Å². The molecule has 2 aromatic carbocycles. The highest BCUT2D eigenvalue weighted by molar-refractivity contribution is 7.99. The molecule has 0 atom stereocenters. The van der Waals surface area contributed by atoms with E-state index >= 15 is 0 Å². The highest BCUT2D eigenvalue weighted by Gasteiger charge is 2.30. The number of benzene rings is 2. The minimum atomic E-state index is -4.43. The molecule has 0 N–H and O–H groups in total. The summed E-state index contributed by atoms with van der Waals surface area (Å²) in [4.78, 5) is 29.6. The van der Waals surface area contributed by atoms with Gasteiger partial charge >= 0.3 is 6.18 Å². The van der Waals surface area contributed by atoms with E-state index in [0.29, 0.717) is 28.5 Å². The summed E-state index contributed by atoms with van der Waals surface area (Å²) in [7, 11) is 0. The van der Waals surface area contributed by atoms with Gasteiger partial charge in [0.2, 0.25) is 0 Å². The quantitative estimate of drug-likeness (QED) is 0.226. The standard InChI is InChI=1S/C22H17F3N2O2S2/c1-13-19(26-21-27(20(13)29)10-11-30-21)31-12-14-2-4-15(5-3-14)18(28)16-6-8-17(9-7-16)22(23,24)25/h2-9H,10-12H2,1H3. The minimum Gasteiger partial charge on any atom is -0.289 e. The Bertz CT molecular complexity index is 1190. The molecule has 0 aliphatic carbocycles. The first-order chi connectivity index (χ1) is 14.7. The number of thioether (sulfide) groups is 2. The average Bonchev–Trinajstić information content (AvgIpc) is 3.23. The van der Waals surface area contributed by atoms with Crippen molar-refractivity contribution < 1.29 is 18.0 Å². The number of carbonyl (C=O) groups excluding carboxylic acids is 1. The number of halogens is 3. The van der Waals surface area contributed by atoms with Gasteiger partial charge in [0, 0.05) is 34.7 Å². The van der Waals surface area contributed by atoms with Crippen LogP contribution in [0.2, 0.25) is 0 Å². The predicted octanol–water partition coefficient (Wildman–Crippen LogP) is 5.20. The first-order valence-corrected chi connectivity index (χ1v) is 11.4. The Morgan fingerprint density at radius 3 is 2.32 bits per heavy atom. The van der Waals surface area contributed by atoms with Crippen LogP contribution in [0.4, 0.5) is 13.2 Å². The maximum absolute atomic E-state index is 12.7. The summed E-state index contributed by atoms with van der Waals surface area (Å²) in [6, 6.07) is 11.1. The lowest BCUT2D eigenvalue weighted by molar-refractivity contribution is -0.137. The summed E-state index contributed by atoms with van der Waals surface area (Å²) in [5.74, 6) is 1.09. The first kappa shape index (κ1) is 21.7. The Hall–Kier alpha value is -2.52. The summed E-state index contributed by atoms with van der Waals surface area (Å²) in [6.45, 7) is 2.46. The van der Waals surface area contributed by atoms with Gasteiger partial charge < -0.3 is 0 Å². The van der Waals surface area contributed by atoms with Crippen molar-refractivity contribution in [3.05, 3.63) is 86.7 Å². The monoisotopic (exact) mass is 462 g/mol. The molecule has 0 saturated carbocycles. The summed E-state index contributed by atoms with van der Waals surface area (Å²) in [5, 5.41) is 1.45. The van der Waals surface area contributed by atoms with Crippen LogP contribution in [0.25, 0.3) is 0 Å². The second kappa shape index (κ2) is 8.55. The van der Waals surface area contributed by atoms with E-state index in [-0.39, 0.29) is 16.9 Å². The van der Waals surface area contributed by atoms with E-state index in [1.165, 1.54) is 23.9 Å². The lowest BCUT2D eigenvalue weighted by Crippen LogP contribution is -2.23. The van der Waals surface area contributed by atoms with Crippen molar-refractivity contribution in [2.24, 2.45) is 0 Å². The lowest BCUT2D eigenvalue weighted by atomic mass is 10.0. The molecule has 0 bridgehead atoms. The highest BCUT2D eigenvalue weighted by Crippen LogP contribution is 2.30. The number of ketones is 1. The molecule has 0 unspecified atom stereocenters. The molecule has 4 nitrogen and oxygen atoms in total. The van der Waals surface area contributed by atoms with E-state index in [2.05, 4.69) is 4.98 Å². The van der Waals surface area contributed by atoms with Crippen molar-refractivity contribution in [2.45, 2.75) is 35.6 Å². The second-order valence-corrected chi connectivity index (χ2v) is 9.05. The van der Waals surface area contributed by atoms with Gasteiger partial charge in [-0.2, -0.15) is 13.2 Å². The van der Waals surface area contributed by atoms with E-state index in [4.69, 9.17) is 0 Å². The fourth-order valence-electron chi connectivity index (χ4n) is 3.17. The van der Waals surface area contributed by atoms with Crippen LogP contribution in [0.3, 0.4) is 0 Å². The molecule has 9 heteroatoms. The minimum absolute atomic E-state index is 0.00464. The zero-order valence-corrected chi connectivity index (χ0v) is 18.0.